The summed E-state index contributed by atoms with van der Waals surface area (Å²) in [7, 11) is 0. The van der Waals surface area contributed by atoms with Crippen molar-refractivity contribution in [3.8, 4) is 0 Å². The van der Waals surface area contributed by atoms with E-state index in [0.29, 0.717) is 11.6 Å². The topological polar surface area (TPSA) is 26.0 Å². The molecular weight excluding hydrogens is 229 g/mol. The van der Waals surface area contributed by atoms with E-state index in [4.69, 9.17) is 28.9 Å². The van der Waals surface area contributed by atoms with Crippen molar-refractivity contribution in [2.45, 2.75) is 13.3 Å². The minimum Gasteiger partial charge on any atom is -0.330 e. The SMILES string of the molecule is C=CC(C)(CN)Cc1cc(Cl)ccc1Cl. The van der Waals surface area contributed by atoms with Gasteiger partial charge < -0.3 is 5.73 Å². The summed E-state index contributed by atoms with van der Waals surface area (Å²) < 4.78 is 0. The molecule has 0 saturated carbocycles. The summed E-state index contributed by atoms with van der Waals surface area (Å²) in [4.78, 5) is 0. The molecule has 0 amide bonds. The molecule has 0 radical (unpaired) electrons. The molecule has 1 aromatic rings. The molecule has 1 rings (SSSR count). The van der Waals surface area contributed by atoms with Crippen LogP contribution in [0.1, 0.15) is 12.5 Å². The third kappa shape index (κ3) is 3.23. The number of hydrogen-bond acceptors (Lipinski definition) is 1. The Morgan fingerprint density at radius 1 is 1.47 bits per heavy atom. The highest BCUT2D eigenvalue weighted by molar-refractivity contribution is 6.33. The summed E-state index contributed by atoms with van der Waals surface area (Å²) in [5.74, 6) is 0. The van der Waals surface area contributed by atoms with Gasteiger partial charge in [0.1, 0.15) is 0 Å². The number of halogens is 2. The maximum atomic E-state index is 6.08. The molecule has 0 fully saturated rings. The molecule has 1 nitrogen and oxygen atoms in total. The minimum absolute atomic E-state index is 0.131. The van der Waals surface area contributed by atoms with Crippen LogP contribution in [0.25, 0.3) is 0 Å². The number of hydrogen-bond donors (Lipinski definition) is 1. The van der Waals surface area contributed by atoms with Crippen LogP contribution in [-0.2, 0) is 6.42 Å². The zero-order chi connectivity index (χ0) is 11.5. The highest BCUT2D eigenvalue weighted by Gasteiger charge is 2.20. The van der Waals surface area contributed by atoms with E-state index < -0.39 is 0 Å². The van der Waals surface area contributed by atoms with Crippen molar-refractivity contribution in [2.24, 2.45) is 11.1 Å². The largest absolute Gasteiger partial charge is 0.330 e. The average Bonchev–Trinajstić information content (AvgIpc) is 2.23. The van der Waals surface area contributed by atoms with Gasteiger partial charge in [-0.05, 0) is 30.2 Å². The first kappa shape index (κ1) is 12.6. The zero-order valence-corrected chi connectivity index (χ0v) is 10.3. The van der Waals surface area contributed by atoms with Crippen LogP contribution in [0.4, 0.5) is 0 Å². The highest BCUT2D eigenvalue weighted by atomic mass is 35.5. The lowest BCUT2D eigenvalue weighted by Gasteiger charge is -2.24. The molecule has 0 aliphatic heterocycles. The van der Waals surface area contributed by atoms with E-state index in [1.165, 1.54) is 0 Å². The quantitative estimate of drug-likeness (QED) is 0.803. The van der Waals surface area contributed by atoms with E-state index in [1.54, 1.807) is 12.1 Å². The Labute approximate surface area is 101 Å². The molecule has 1 unspecified atom stereocenters. The van der Waals surface area contributed by atoms with Crippen molar-refractivity contribution in [2.75, 3.05) is 6.54 Å². The summed E-state index contributed by atoms with van der Waals surface area (Å²) in [5.41, 5.74) is 6.59. The van der Waals surface area contributed by atoms with Crippen LogP contribution in [0.2, 0.25) is 10.0 Å². The fourth-order valence-corrected chi connectivity index (χ4v) is 1.72. The molecule has 1 atom stereocenters. The van der Waals surface area contributed by atoms with E-state index in [2.05, 4.69) is 13.5 Å². The van der Waals surface area contributed by atoms with Crippen molar-refractivity contribution in [1.82, 2.24) is 0 Å². The first-order valence-corrected chi connectivity index (χ1v) is 5.54. The summed E-state index contributed by atoms with van der Waals surface area (Å²) in [6.07, 6.45) is 2.62. The Morgan fingerprint density at radius 3 is 2.67 bits per heavy atom. The molecule has 1 aromatic carbocycles. The van der Waals surface area contributed by atoms with Crippen LogP contribution < -0.4 is 5.73 Å². The molecule has 0 aromatic heterocycles. The Hall–Kier alpha value is -0.500. The predicted molar refractivity (Wildman–Crippen MR) is 67.5 cm³/mol. The molecule has 15 heavy (non-hydrogen) atoms. The van der Waals surface area contributed by atoms with Crippen molar-refractivity contribution in [1.29, 1.82) is 0 Å². The highest BCUT2D eigenvalue weighted by Crippen LogP contribution is 2.28. The molecule has 2 N–H and O–H groups in total. The standard InChI is InChI=1S/C12H15Cl2N/c1-3-12(2,8-15)7-9-6-10(13)4-5-11(9)14/h3-6H,1,7-8,15H2,2H3. The molecule has 0 aliphatic rings. The second kappa shape index (κ2) is 5.02. The van der Waals surface area contributed by atoms with E-state index in [0.717, 1.165) is 17.0 Å². The number of benzene rings is 1. The summed E-state index contributed by atoms with van der Waals surface area (Å²) >= 11 is 12.0. The van der Waals surface area contributed by atoms with Gasteiger partial charge in [0.25, 0.3) is 0 Å². The third-order valence-corrected chi connectivity index (χ3v) is 3.16. The van der Waals surface area contributed by atoms with Gasteiger partial charge in [0.15, 0.2) is 0 Å². The first-order valence-electron chi connectivity index (χ1n) is 4.78. The van der Waals surface area contributed by atoms with Crippen LogP contribution in [0, 0.1) is 5.41 Å². The van der Waals surface area contributed by atoms with Gasteiger partial charge in [-0.1, -0.05) is 36.2 Å². The molecule has 0 spiro atoms. The van der Waals surface area contributed by atoms with Crippen molar-refractivity contribution in [3.05, 3.63) is 46.5 Å². The van der Waals surface area contributed by atoms with Gasteiger partial charge in [0, 0.05) is 22.0 Å². The molecule has 82 valence electrons. The second-order valence-electron chi connectivity index (χ2n) is 3.97. The Balaban J connectivity index is 2.97. The van der Waals surface area contributed by atoms with Crippen molar-refractivity contribution in [3.63, 3.8) is 0 Å². The van der Waals surface area contributed by atoms with E-state index in [9.17, 15) is 0 Å². The summed E-state index contributed by atoms with van der Waals surface area (Å²) in [6.45, 7) is 6.39. The maximum Gasteiger partial charge on any atom is 0.0439 e. The first-order chi connectivity index (χ1) is 7.00. The summed E-state index contributed by atoms with van der Waals surface area (Å²) in [5, 5.41) is 1.42. The Morgan fingerprint density at radius 2 is 2.13 bits per heavy atom. The van der Waals surface area contributed by atoms with Gasteiger partial charge in [0.05, 0.1) is 0 Å². The lowest BCUT2D eigenvalue weighted by Crippen LogP contribution is -2.27. The van der Waals surface area contributed by atoms with Crippen molar-refractivity contribution >= 4 is 23.2 Å². The summed E-state index contributed by atoms with van der Waals surface area (Å²) in [6, 6.07) is 5.46. The Bertz CT molecular complexity index is 363. The normalized spacial score (nSPS) is 14.7. The zero-order valence-electron chi connectivity index (χ0n) is 8.76. The van der Waals surface area contributed by atoms with Crippen LogP contribution >= 0.6 is 23.2 Å². The second-order valence-corrected chi connectivity index (χ2v) is 4.82. The van der Waals surface area contributed by atoms with E-state index >= 15 is 0 Å². The van der Waals surface area contributed by atoms with Crippen LogP contribution in [0.3, 0.4) is 0 Å². The van der Waals surface area contributed by atoms with E-state index in [-0.39, 0.29) is 5.41 Å². The van der Waals surface area contributed by atoms with E-state index in [1.807, 2.05) is 12.1 Å². The number of rotatable bonds is 4. The van der Waals surface area contributed by atoms with Gasteiger partial charge in [-0.2, -0.15) is 0 Å². The predicted octanol–water partition coefficient (Wildman–Crippen LogP) is 3.69. The average molecular weight is 244 g/mol. The molecular formula is C12H15Cl2N. The fraction of sp³-hybridized carbons (Fsp3) is 0.333. The Kier molecular flexibility index (Phi) is 4.21. The molecule has 3 heteroatoms. The monoisotopic (exact) mass is 243 g/mol. The van der Waals surface area contributed by atoms with Crippen LogP contribution in [0.15, 0.2) is 30.9 Å². The lowest BCUT2D eigenvalue weighted by molar-refractivity contribution is 0.439. The van der Waals surface area contributed by atoms with Crippen LogP contribution in [0.5, 0.6) is 0 Å². The minimum atomic E-state index is -0.131. The fourth-order valence-electron chi connectivity index (χ4n) is 1.34. The van der Waals surface area contributed by atoms with Gasteiger partial charge >= 0.3 is 0 Å². The van der Waals surface area contributed by atoms with Crippen LogP contribution in [-0.4, -0.2) is 6.54 Å². The third-order valence-electron chi connectivity index (χ3n) is 2.56. The lowest BCUT2D eigenvalue weighted by atomic mass is 9.84. The van der Waals surface area contributed by atoms with Gasteiger partial charge in [-0.25, -0.2) is 0 Å². The van der Waals surface area contributed by atoms with Gasteiger partial charge in [-0.15, -0.1) is 6.58 Å². The van der Waals surface area contributed by atoms with Gasteiger partial charge in [-0.3, -0.25) is 0 Å². The number of nitrogens with two attached hydrogens (primary N) is 1. The molecule has 0 saturated heterocycles. The van der Waals surface area contributed by atoms with Gasteiger partial charge in [0.2, 0.25) is 0 Å². The molecule has 0 aliphatic carbocycles. The van der Waals surface area contributed by atoms with Crippen molar-refractivity contribution < 1.29 is 0 Å². The molecule has 0 bridgehead atoms. The smallest absolute Gasteiger partial charge is 0.0439 e. The maximum absolute atomic E-state index is 6.08. The molecule has 0 heterocycles.